The van der Waals surface area contributed by atoms with Crippen LogP contribution in [0.25, 0.3) is 0 Å². The number of nitrogens with one attached hydrogen (secondary N) is 1. The third-order valence-electron chi connectivity index (χ3n) is 4.39. The van der Waals surface area contributed by atoms with E-state index in [1.165, 1.54) is 17.7 Å². The molecule has 0 spiro atoms. The Balaban J connectivity index is 1.67. The lowest BCUT2D eigenvalue weighted by Crippen LogP contribution is -2.38. The fraction of sp³-hybridized carbons (Fsp3) is 0.333. The van der Waals surface area contributed by atoms with Crippen LogP contribution in [-0.4, -0.2) is 31.9 Å². The summed E-state index contributed by atoms with van der Waals surface area (Å²) in [5, 5.41) is 13.4. The number of halogens is 1. The van der Waals surface area contributed by atoms with Gasteiger partial charge in [-0.2, -0.15) is 0 Å². The van der Waals surface area contributed by atoms with E-state index in [2.05, 4.69) is 5.32 Å². The summed E-state index contributed by atoms with van der Waals surface area (Å²) in [6.45, 7) is 0.218. The van der Waals surface area contributed by atoms with Gasteiger partial charge in [0.2, 0.25) is 0 Å². The lowest BCUT2D eigenvalue weighted by atomic mass is 9.86. The molecule has 0 heterocycles. The normalized spacial score (nSPS) is 20.6. The first kappa shape index (κ1) is 17.1. The van der Waals surface area contributed by atoms with E-state index in [4.69, 9.17) is 0 Å². The van der Waals surface area contributed by atoms with Crippen molar-refractivity contribution >= 4 is 9.84 Å². The van der Waals surface area contributed by atoms with Crippen LogP contribution < -0.4 is 5.32 Å². The first-order chi connectivity index (χ1) is 11.5. The van der Waals surface area contributed by atoms with Crippen LogP contribution in [0.4, 0.5) is 4.39 Å². The van der Waals surface area contributed by atoms with E-state index in [-0.39, 0.29) is 23.2 Å². The van der Waals surface area contributed by atoms with E-state index in [1.54, 1.807) is 0 Å². The molecule has 0 amide bonds. The third kappa shape index (κ3) is 3.66. The van der Waals surface area contributed by atoms with Crippen molar-refractivity contribution < 1.29 is 17.9 Å². The molecule has 2 atom stereocenters. The van der Waals surface area contributed by atoms with Gasteiger partial charge in [0, 0.05) is 6.54 Å². The molecule has 0 aromatic heterocycles. The molecule has 24 heavy (non-hydrogen) atoms. The van der Waals surface area contributed by atoms with Gasteiger partial charge >= 0.3 is 0 Å². The summed E-state index contributed by atoms with van der Waals surface area (Å²) in [6.07, 6.45) is 0.941. The molecule has 0 radical (unpaired) electrons. The summed E-state index contributed by atoms with van der Waals surface area (Å²) < 4.78 is 37.5. The van der Waals surface area contributed by atoms with E-state index in [1.807, 2.05) is 24.3 Å². The summed E-state index contributed by atoms with van der Waals surface area (Å²) in [7, 11) is -3.48. The molecule has 1 aliphatic rings. The Hall–Kier alpha value is -1.76. The molecule has 0 fully saturated rings. The maximum Gasteiger partial charge on any atom is 0.179 e. The highest BCUT2D eigenvalue weighted by atomic mass is 32.2. The molecule has 2 aromatic carbocycles. The van der Waals surface area contributed by atoms with Crippen molar-refractivity contribution in [1.29, 1.82) is 0 Å². The van der Waals surface area contributed by atoms with E-state index in [0.29, 0.717) is 6.42 Å². The Kier molecular flexibility index (Phi) is 4.99. The van der Waals surface area contributed by atoms with Crippen molar-refractivity contribution in [2.75, 3.05) is 12.3 Å². The van der Waals surface area contributed by atoms with Crippen LogP contribution in [0.15, 0.2) is 53.4 Å². The topological polar surface area (TPSA) is 66.4 Å². The predicted octanol–water partition coefficient (Wildman–Crippen LogP) is 2.24. The van der Waals surface area contributed by atoms with Gasteiger partial charge in [0.25, 0.3) is 0 Å². The number of benzene rings is 2. The zero-order chi connectivity index (χ0) is 17.2. The smallest absolute Gasteiger partial charge is 0.179 e. The largest absolute Gasteiger partial charge is 0.391 e. The molecule has 2 aromatic rings. The number of hydrogen-bond donors (Lipinski definition) is 2. The molecule has 2 N–H and O–H groups in total. The Bertz CT molecular complexity index is 805. The van der Waals surface area contributed by atoms with Gasteiger partial charge < -0.3 is 10.4 Å². The Labute approximate surface area is 141 Å². The SMILES string of the molecule is O=S(=O)(CCN[C@H]1c2ccccc2CC[C@H]1O)c1ccc(F)cc1. The second kappa shape index (κ2) is 7.01. The minimum atomic E-state index is -3.48. The minimum Gasteiger partial charge on any atom is -0.391 e. The Morgan fingerprint density at radius 2 is 1.83 bits per heavy atom. The summed E-state index contributed by atoms with van der Waals surface area (Å²) in [6, 6.07) is 12.4. The average molecular weight is 349 g/mol. The zero-order valence-corrected chi connectivity index (χ0v) is 14.0. The summed E-state index contributed by atoms with van der Waals surface area (Å²) in [5.41, 5.74) is 2.21. The van der Waals surface area contributed by atoms with E-state index in [9.17, 15) is 17.9 Å². The molecule has 0 saturated heterocycles. The minimum absolute atomic E-state index is 0.107. The Morgan fingerprint density at radius 1 is 1.12 bits per heavy atom. The van der Waals surface area contributed by atoms with Gasteiger partial charge in [0.15, 0.2) is 9.84 Å². The van der Waals surface area contributed by atoms with E-state index in [0.717, 1.165) is 24.1 Å². The maximum atomic E-state index is 12.9. The quantitative estimate of drug-likeness (QED) is 0.813. The lowest BCUT2D eigenvalue weighted by molar-refractivity contribution is 0.112. The zero-order valence-electron chi connectivity index (χ0n) is 13.2. The van der Waals surface area contributed by atoms with Crippen LogP contribution in [0.3, 0.4) is 0 Å². The van der Waals surface area contributed by atoms with Crippen molar-refractivity contribution in [1.82, 2.24) is 5.32 Å². The molecule has 0 bridgehead atoms. The molecule has 0 unspecified atom stereocenters. The number of aryl methyl sites for hydroxylation is 1. The number of aliphatic hydroxyl groups is 1. The Morgan fingerprint density at radius 3 is 2.58 bits per heavy atom. The molecular weight excluding hydrogens is 329 g/mol. The molecule has 4 nitrogen and oxygen atoms in total. The molecule has 0 aliphatic heterocycles. The molecule has 1 aliphatic carbocycles. The van der Waals surface area contributed by atoms with Gasteiger partial charge in [0.05, 0.1) is 22.8 Å². The average Bonchev–Trinajstić information content (AvgIpc) is 2.57. The van der Waals surface area contributed by atoms with Crippen LogP contribution in [0.1, 0.15) is 23.6 Å². The van der Waals surface area contributed by atoms with Crippen molar-refractivity contribution in [2.45, 2.75) is 29.9 Å². The number of aliphatic hydroxyl groups excluding tert-OH is 1. The van der Waals surface area contributed by atoms with Crippen LogP contribution in [0.2, 0.25) is 0 Å². The highest BCUT2D eigenvalue weighted by Crippen LogP contribution is 2.29. The predicted molar refractivity (Wildman–Crippen MR) is 90.0 cm³/mol. The lowest BCUT2D eigenvalue weighted by Gasteiger charge is -2.31. The van der Waals surface area contributed by atoms with E-state index >= 15 is 0 Å². The third-order valence-corrected chi connectivity index (χ3v) is 6.12. The monoisotopic (exact) mass is 349 g/mol. The van der Waals surface area contributed by atoms with Crippen LogP contribution in [0.5, 0.6) is 0 Å². The highest BCUT2D eigenvalue weighted by Gasteiger charge is 2.27. The summed E-state index contributed by atoms with van der Waals surface area (Å²) in [5.74, 6) is -0.571. The van der Waals surface area contributed by atoms with Crippen molar-refractivity contribution in [2.24, 2.45) is 0 Å². The van der Waals surface area contributed by atoms with Gasteiger partial charge in [-0.1, -0.05) is 24.3 Å². The van der Waals surface area contributed by atoms with Crippen molar-refractivity contribution in [3.05, 3.63) is 65.5 Å². The summed E-state index contributed by atoms with van der Waals surface area (Å²) in [4.78, 5) is 0.107. The fourth-order valence-electron chi connectivity index (χ4n) is 3.10. The van der Waals surface area contributed by atoms with Crippen LogP contribution >= 0.6 is 0 Å². The highest BCUT2D eigenvalue weighted by molar-refractivity contribution is 7.91. The number of fused-ring (bicyclic) bond motifs is 1. The van der Waals surface area contributed by atoms with Gasteiger partial charge in [-0.3, -0.25) is 0 Å². The number of sulfone groups is 1. The van der Waals surface area contributed by atoms with Gasteiger partial charge in [0.1, 0.15) is 5.82 Å². The van der Waals surface area contributed by atoms with Gasteiger partial charge in [-0.15, -0.1) is 0 Å². The molecule has 6 heteroatoms. The van der Waals surface area contributed by atoms with Gasteiger partial charge in [-0.25, -0.2) is 12.8 Å². The first-order valence-corrected chi connectivity index (χ1v) is 9.60. The van der Waals surface area contributed by atoms with Crippen LogP contribution in [-0.2, 0) is 16.3 Å². The molecule has 128 valence electrons. The van der Waals surface area contributed by atoms with Gasteiger partial charge in [-0.05, 0) is 48.2 Å². The number of hydrogen-bond acceptors (Lipinski definition) is 4. The molecule has 0 saturated carbocycles. The first-order valence-electron chi connectivity index (χ1n) is 7.95. The summed E-state index contributed by atoms with van der Waals surface area (Å²) >= 11 is 0. The van der Waals surface area contributed by atoms with Crippen molar-refractivity contribution in [3.63, 3.8) is 0 Å². The second-order valence-corrected chi connectivity index (χ2v) is 8.12. The maximum absolute atomic E-state index is 12.9. The number of rotatable bonds is 5. The molecular formula is C18H20FNO3S. The van der Waals surface area contributed by atoms with Crippen molar-refractivity contribution in [3.8, 4) is 0 Å². The fourth-order valence-corrected chi connectivity index (χ4v) is 4.27. The second-order valence-electron chi connectivity index (χ2n) is 6.01. The van der Waals surface area contributed by atoms with E-state index < -0.39 is 21.8 Å². The van der Waals surface area contributed by atoms with Crippen LogP contribution in [0, 0.1) is 5.82 Å². The standard InChI is InChI=1S/C18H20FNO3S/c19-14-6-8-15(9-7-14)24(22,23)12-11-20-18-16-4-2-1-3-13(16)5-10-17(18)21/h1-4,6-9,17-18,20-21H,5,10-12H2/t17-,18+/m1/s1. The molecule has 3 rings (SSSR count).